The Kier molecular flexibility index (Phi) is 6.15. The highest BCUT2D eigenvalue weighted by Crippen LogP contribution is 2.21. The van der Waals surface area contributed by atoms with Gasteiger partial charge in [-0.3, -0.25) is 0 Å². The van der Waals surface area contributed by atoms with Crippen LogP contribution in [0.1, 0.15) is 37.6 Å². The molecule has 7 heteroatoms. The second-order valence-electron chi connectivity index (χ2n) is 5.96. The molecule has 0 bridgehead atoms. The molecule has 6 nitrogen and oxygen atoms in total. The fourth-order valence-corrected chi connectivity index (χ4v) is 3.77. The first-order valence-electron chi connectivity index (χ1n) is 8.10. The van der Waals surface area contributed by atoms with Gasteiger partial charge in [0.15, 0.2) is 5.03 Å². The molecule has 0 unspecified atom stereocenters. The van der Waals surface area contributed by atoms with Crippen molar-refractivity contribution in [3.63, 3.8) is 0 Å². The topological polar surface area (TPSA) is 84.2 Å². The van der Waals surface area contributed by atoms with E-state index in [9.17, 15) is 13.5 Å². The zero-order valence-corrected chi connectivity index (χ0v) is 15.1. The first kappa shape index (κ1) is 18.6. The molecule has 0 spiro atoms. The Morgan fingerprint density at radius 3 is 2.50 bits per heavy atom. The Labute approximate surface area is 143 Å². The highest BCUT2D eigenvalue weighted by Gasteiger charge is 2.22. The van der Waals surface area contributed by atoms with Crippen LogP contribution < -0.4 is 4.72 Å². The van der Waals surface area contributed by atoms with Gasteiger partial charge in [-0.2, -0.15) is 0 Å². The number of aliphatic hydroxyl groups is 1. The van der Waals surface area contributed by atoms with Crippen molar-refractivity contribution in [2.75, 3.05) is 6.54 Å². The zero-order valence-electron chi connectivity index (χ0n) is 14.3. The van der Waals surface area contributed by atoms with Gasteiger partial charge in [0.1, 0.15) is 5.82 Å². The highest BCUT2D eigenvalue weighted by molar-refractivity contribution is 7.89. The predicted molar refractivity (Wildman–Crippen MR) is 93.3 cm³/mol. The summed E-state index contributed by atoms with van der Waals surface area (Å²) in [6.07, 6.45) is 1.51. The number of sulfonamides is 1. The normalized spacial score (nSPS) is 14.5. The Morgan fingerprint density at radius 2 is 1.96 bits per heavy atom. The van der Waals surface area contributed by atoms with Crippen LogP contribution in [0.5, 0.6) is 0 Å². The van der Waals surface area contributed by atoms with Gasteiger partial charge in [0.2, 0.25) is 0 Å². The predicted octanol–water partition coefficient (Wildman–Crippen LogP) is 2.04. The minimum atomic E-state index is -3.67. The van der Waals surface area contributed by atoms with Gasteiger partial charge in [0.25, 0.3) is 10.0 Å². The Morgan fingerprint density at radius 1 is 1.29 bits per heavy atom. The molecule has 2 N–H and O–H groups in total. The molecule has 0 aliphatic heterocycles. The van der Waals surface area contributed by atoms with E-state index < -0.39 is 16.1 Å². The number of aliphatic hydroxyl groups excluding tert-OH is 1. The summed E-state index contributed by atoms with van der Waals surface area (Å²) in [5.41, 5.74) is 0.997. The van der Waals surface area contributed by atoms with Crippen molar-refractivity contribution in [2.45, 2.75) is 50.8 Å². The van der Waals surface area contributed by atoms with Gasteiger partial charge in [-0.1, -0.05) is 30.3 Å². The molecule has 0 fully saturated rings. The number of imidazole rings is 1. The van der Waals surface area contributed by atoms with E-state index in [-0.39, 0.29) is 17.5 Å². The van der Waals surface area contributed by atoms with E-state index in [1.807, 2.05) is 37.3 Å². The maximum absolute atomic E-state index is 12.5. The Bertz CT molecular complexity index is 755. The molecule has 0 aliphatic carbocycles. The number of rotatable bonds is 8. The third-order valence-electron chi connectivity index (χ3n) is 3.99. The average Bonchev–Trinajstić information content (AvgIpc) is 2.94. The van der Waals surface area contributed by atoms with Crippen molar-refractivity contribution < 1.29 is 13.5 Å². The van der Waals surface area contributed by atoms with Crippen LogP contribution in [-0.2, 0) is 16.6 Å². The molecule has 2 rings (SSSR count). The summed E-state index contributed by atoms with van der Waals surface area (Å²) in [5, 5.41) is 9.74. The van der Waals surface area contributed by atoms with Gasteiger partial charge in [-0.05, 0) is 38.7 Å². The van der Waals surface area contributed by atoms with Gasteiger partial charge in [-0.25, -0.2) is 18.1 Å². The minimum Gasteiger partial charge on any atom is -0.393 e. The van der Waals surface area contributed by atoms with E-state index in [0.717, 1.165) is 5.56 Å². The summed E-state index contributed by atoms with van der Waals surface area (Å²) in [5.74, 6) is 0.566. The van der Waals surface area contributed by atoms with Crippen molar-refractivity contribution in [1.29, 1.82) is 0 Å². The molecule has 24 heavy (non-hydrogen) atoms. The zero-order chi connectivity index (χ0) is 17.7. The van der Waals surface area contributed by atoms with Gasteiger partial charge < -0.3 is 9.67 Å². The van der Waals surface area contributed by atoms with Gasteiger partial charge in [0, 0.05) is 19.3 Å². The van der Waals surface area contributed by atoms with E-state index in [2.05, 4.69) is 9.71 Å². The molecular weight excluding hydrogens is 326 g/mol. The number of aryl methyl sites for hydroxylation is 2. The molecule has 0 saturated heterocycles. The van der Waals surface area contributed by atoms with Crippen LogP contribution in [0.2, 0.25) is 0 Å². The van der Waals surface area contributed by atoms with Crippen LogP contribution in [0, 0.1) is 6.92 Å². The Balaban J connectivity index is 2.15. The van der Waals surface area contributed by atoms with Crippen LogP contribution >= 0.6 is 0 Å². The molecule has 0 saturated carbocycles. The first-order chi connectivity index (χ1) is 11.3. The van der Waals surface area contributed by atoms with Crippen molar-refractivity contribution in [2.24, 2.45) is 0 Å². The summed E-state index contributed by atoms with van der Waals surface area (Å²) in [6.45, 7) is 6.31. The lowest BCUT2D eigenvalue weighted by atomic mass is 9.94. The minimum absolute atomic E-state index is 0.0331. The Hall–Kier alpha value is -1.70. The maximum Gasteiger partial charge on any atom is 0.259 e. The van der Waals surface area contributed by atoms with Crippen LogP contribution in [0.25, 0.3) is 0 Å². The number of benzene rings is 1. The summed E-state index contributed by atoms with van der Waals surface area (Å²) in [4.78, 5) is 4.13. The van der Waals surface area contributed by atoms with Crippen LogP contribution in [0.4, 0.5) is 0 Å². The number of nitrogens with one attached hydrogen (secondary N) is 1. The quantitative estimate of drug-likeness (QED) is 0.762. The van der Waals surface area contributed by atoms with Crippen molar-refractivity contribution in [3.8, 4) is 0 Å². The van der Waals surface area contributed by atoms with E-state index >= 15 is 0 Å². The first-order valence-corrected chi connectivity index (χ1v) is 9.58. The molecule has 2 aromatic rings. The molecule has 1 aromatic carbocycles. The fourth-order valence-electron chi connectivity index (χ4n) is 2.69. The maximum atomic E-state index is 12.5. The van der Waals surface area contributed by atoms with Gasteiger partial charge >= 0.3 is 0 Å². The lowest BCUT2D eigenvalue weighted by Crippen LogP contribution is -2.30. The summed E-state index contributed by atoms with van der Waals surface area (Å²) in [6, 6.07) is 9.61. The lowest BCUT2D eigenvalue weighted by molar-refractivity contribution is 0.174. The van der Waals surface area contributed by atoms with Crippen molar-refractivity contribution in [3.05, 3.63) is 47.9 Å². The molecule has 0 aliphatic rings. The van der Waals surface area contributed by atoms with Gasteiger partial charge in [0.05, 0.1) is 6.10 Å². The second kappa shape index (κ2) is 7.92. The lowest BCUT2D eigenvalue weighted by Gasteiger charge is -2.19. The number of hydrogen-bond acceptors (Lipinski definition) is 4. The standard InChI is InChI=1S/C17H25N3O3S/c1-4-20-12-17(19-14(20)3)24(22,23)18-11-16(10-13(2)21)15-8-6-5-7-9-15/h5-9,12-13,16,18,21H,4,10-11H2,1-3H3/t13-,16-/m0/s1. The van der Waals surface area contributed by atoms with E-state index in [1.165, 1.54) is 0 Å². The van der Waals surface area contributed by atoms with Crippen LogP contribution in [0.3, 0.4) is 0 Å². The summed E-state index contributed by atoms with van der Waals surface area (Å²) in [7, 11) is -3.67. The summed E-state index contributed by atoms with van der Waals surface area (Å²) >= 11 is 0. The van der Waals surface area contributed by atoms with E-state index in [4.69, 9.17) is 0 Å². The monoisotopic (exact) mass is 351 g/mol. The van der Waals surface area contributed by atoms with Crippen LogP contribution in [0.15, 0.2) is 41.6 Å². The van der Waals surface area contributed by atoms with Gasteiger partial charge in [-0.15, -0.1) is 0 Å². The van der Waals surface area contributed by atoms with Crippen molar-refractivity contribution in [1.82, 2.24) is 14.3 Å². The van der Waals surface area contributed by atoms with E-state index in [1.54, 1.807) is 24.6 Å². The largest absolute Gasteiger partial charge is 0.393 e. The van der Waals surface area contributed by atoms with Crippen molar-refractivity contribution >= 4 is 10.0 Å². The highest BCUT2D eigenvalue weighted by atomic mass is 32.2. The third kappa shape index (κ3) is 4.66. The molecule has 0 radical (unpaired) electrons. The number of hydrogen-bond donors (Lipinski definition) is 2. The smallest absolute Gasteiger partial charge is 0.259 e. The SMILES string of the molecule is CCn1cc(S(=O)(=O)NC[C@H](C[C@H](C)O)c2ccccc2)nc1C. The fraction of sp³-hybridized carbons (Fsp3) is 0.471. The second-order valence-corrected chi connectivity index (χ2v) is 7.67. The molecule has 1 aromatic heterocycles. The molecule has 1 heterocycles. The molecule has 2 atom stereocenters. The molecule has 132 valence electrons. The van der Waals surface area contributed by atoms with Crippen LogP contribution in [-0.4, -0.2) is 35.7 Å². The molecular formula is C17H25N3O3S. The average molecular weight is 351 g/mol. The van der Waals surface area contributed by atoms with E-state index in [0.29, 0.717) is 18.8 Å². The summed E-state index contributed by atoms with van der Waals surface area (Å²) < 4.78 is 29.4. The number of nitrogens with zero attached hydrogens (tertiary/aromatic N) is 2. The molecule has 0 amide bonds. The third-order valence-corrected chi connectivity index (χ3v) is 5.28. The number of aromatic nitrogens is 2.